The second-order valence-corrected chi connectivity index (χ2v) is 7.01. The summed E-state index contributed by atoms with van der Waals surface area (Å²) < 4.78 is 0. The number of hydrogen-bond acceptors (Lipinski definition) is 4. The number of amides is 1. The van der Waals surface area contributed by atoms with Gasteiger partial charge in [-0.3, -0.25) is 4.79 Å². The molecule has 0 aliphatic carbocycles. The Kier molecular flexibility index (Phi) is 5.62. The van der Waals surface area contributed by atoms with Crippen LogP contribution in [-0.2, 0) is 17.6 Å². The van der Waals surface area contributed by atoms with Crippen LogP contribution in [0.1, 0.15) is 42.8 Å². The van der Waals surface area contributed by atoms with E-state index in [-0.39, 0.29) is 17.3 Å². The third-order valence-corrected chi connectivity index (χ3v) is 4.12. The average Bonchev–Trinajstić information content (AvgIpc) is 2.47. The molecule has 134 valence electrons. The van der Waals surface area contributed by atoms with Gasteiger partial charge in [-0.15, -0.1) is 0 Å². The number of nitrogens with zero attached hydrogens (tertiary/aromatic N) is 1. The Hall–Kier alpha value is -2.63. The van der Waals surface area contributed by atoms with Crippen LogP contribution in [0.25, 0.3) is 0 Å². The van der Waals surface area contributed by atoms with Gasteiger partial charge in [-0.05, 0) is 63.8 Å². The lowest BCUT2D eigenvalue weighted by Crippen LogP contribution is -2.45. The van der Waals surface area contributed by atoms with Crippen LogP contribution in [0.5, 0.6) is 5.75 Å². The molecule has 0 bridgehead atoms. The molecule has 0 aliphatic heterocycles. The average molecular weight is 343 g/mol. The normalized spacial score (nSPS) is 11.4. The smallest absolute Gasteiger partial charge is 0.345 e. The fourth-order valence-corrected chi connectivity index (χ4v) is 2.97. The van der Waals surface area contributed by atoms with E-state index in [2.05, 4.69) is 15.3 Å². The number of aromatic amines is 1. The molecule has 0 fully saturated rings. The van der Waals surface area contributed by atoms with E-state index < -0.39 is 5.54 Å². The molecule has 1 aromatic carbocycles. The van der Waals surface area contributed by atoms with Crippen LogP contribution >= 0.6 is 0 Å². The second-order valence-electron chi connectivity index (χ2n) is 7.01. The molecule has 1 heterocycles. The van der Waals surface area contributed by atoms with Crippen molar-refractivity contribution < 1.29 is 9.90 Å². The zero-order valence-corrected chi connectivity index (χ0v) is 15.1. The van der Waals surface area contributed by atoms with Gasteiger partial charge in [0.25, 0.3) is 0 Å². The van der Waals surface area contributed by atoms with Crippen LogP contribution in [-0.4, -0.2) is 26.5 Å². The first-order chi connectivity index (χ1) is 11.7. The van der Waals surface area contributed by atoms with Crippen LogP contribution in [0.2, 0.25) is 0 Å². The third-order valence-electron chi connectivity index (χ3n) is 4.12. The molecule has 2 rings (SSSR count). The number of aromatic nitrogens is 2. The minimum Gasteiger partial charge on any atom is -0.508 e. The Labute approximate surface area is 147 Å². The van der Waals surface area contributed by atoms with E-state index in [1.807, 2.05) is 32.9 Å². The number of hydrogen-bond donors (Lipinski definition) is 3. The summed E-state index contributed by atoms with van der Waals surface area (Å²) in [6, 6.07) is 6.98. The van der Waals surface area contributed by atoms with Gasteiger partial charge in [0.05, 0.1) is 0 Å². The summed E-state index contributed by atoms with van der Waals surface area (Å²) in [5.74, 6) is 0.180. The zero-order chi connectivity index (χ0) is 18.6. The molecular formula is C19H25N3O3. The molecule has 0 atom stereocenters. The molecule has 1 aromatic heterocycles. The Morgan fingerprint density at radius 3 is 2.48 bits per heavy atom. The molecule has 25 heavy (non-hydrogen) atoms. The number of nitrogens with one attached hydrogen (secondary N) is 2. The van der Waals surface area contributed by atoms with Crippen LogP contribution in [0.3, 0.4) is 0 Å². The predicted molar refractivity (Wildman–Crippen MR) is 96.7 cm³/mol. The zero-order valence-electron chi connectivity index (χ0n) is 15.1. The molecule has 0 unspecified atom stereocenters. The first kappa shape index (κ1) is 18.7. The molecule has 6 heteroatoms. The minimum absolute atomic E-state index is 0.0474. The lowest BCUT2D eigenvalue weighted by atomic mass is 9.94. The Morgan fingerprint density at radius 2 is 1.88 bits per heavy atom. The van der Waals surface area contributed by atoms with Crippen molar-refractivity contribution in [2.24, 2.45) is 0 Å². The van der Waals surface area contributed by atoms with Gasteiger partial charge in [0.15, 0.2) is 0 Å². The lowest BCUT2D eigenvalue weighted by Gasteiger charge is -2.26. The topological polar surface area (TPSA) is 95.1 Å². The Morgan fingerprint density at radius 1 is 1.24 bits per heavy atom. The molecule has 2 aromatic rings. The van der Waals surface area contributed by atoms with Crippen molar-refractivity contribution in [2.45, 2.75) is 52.5 Å². The van der Waals surface area contributed by atoms with E-state index in [0.29, 0.717) is 25.0 Å². The number of carbonyl (C=O) groups is 1. The fourth-order valence-electron chi connectivity index (χ4n) is 2.97. The number of benzene rings is 1. The molecule has 0 saturated heterocycles. The van der Waals surface area contributed by atoms with Crippen LogP contribution in [0.15, 0.2) is 29.1 Å². The molecule has 6 nitrogen and oxygen atoms in total. The van der Waals surface area contributed by atoms with Gasteiger partial charge < -0.3 is 15.4 Å². The number of aromatic hydroxyl groups is 1. The highest BCUT2D eigenvalue weighted by atomic mass is 16.3. The highest BCUT2D eigenvalue weighted by Gasteiger charge is 2.21. The molecule has 0 saturated carbocycles. The minimum atomic E-state index is -0.401. The summed E-state index contributed by atoms with van der Waals surface area (Å²) in [6.45, 7) is 7.54. The van der Waals surface area contributed by atoms with Crippen LogP contribution in [0.4, 0.5) is 0 Å². The number of phenols is 1. The quantitative estimate of drug-likeness (QED) is 0.749. The predicted octanol–water partition coefficient (Wildman–Crippen LogP) is 2.16. The van der Waals surface area contributed by atoms with E-state index in [1.54, 1.807) is 19.1 Å². The van der Waals surface area contributed by atoms with Gasteiger partial charge >= 0.3 is 5.69 Å². The van der Waals surface area contributed by atoms with Crippen LogP contribution in [0, 0.1) is 13.8 Å². The molecule has 0 radical (unpaired) electrons. The van der Waals surface area contributed by atoms with Gasteiger partial charge in [-0.2, -0.15) is 4.98 Å². The highest BCUT2D eigenvalue weighted by Crippen LogP contribution is 2.17. The van der Waals surface area contributed by atoms with E-state index in [4.69, 9.17) is 0 Å². The monoisotopic (exact) mass is 343 g/mol. The SMILES string of the molecule is Cc1nc(=O)[nH]c(C)c1CCC(=O)NC(C)(C)Cc1ccc(O)cc1. The van der Waals surface area contributed by atoms with Gasteiger partial charge in [0.1, 0.15) is 5.75 Å². The Bertz CT molecular complexity index is 781. The maximum Gasteiger partial charge on any atom is 0.345 e. The van der Waals surface area contributed by atoms with Gasteiger partial charge in [-0.25, -0.2) is 4.79 Å². The van der Waals surface area contributed by atoms with Crippen molar-refractivity contribution in [1.82, 2.24) is 15.3 Å². The van der Waals surface area contributed by atoms with E-state index >= 15 is 0 Å². The summed E-state index contributed by atoms with van der Waals surface area (Å²) >= 11 is 0. The second kappa shape index (κ2) is 7.51. The maximum atomic E-state index is 12.3. The number of rotatable bonds is 6. The van der Waals surface area contributed by atoms with Crippen molar-refractivity contribution in [1.29, 1.82) is 0 Å². The first-order valence-corrected chi connectivity index (χ1v) is 8.31. The van der Waals surface area contributed by atoms with E-state index in [0.717, 1.165) is 16.8 Å². The maximum absolute atomic E-state index is 12.3. The van der Waals surface area contributed by atoms with Gasteiger partial charge in [0, 0.05) is 23.3 Å². The first-order valence-electron chi connectivity index (χ1n) is 8.31. The summed E-state index contributed by atoms with van der Waals surface area (Å²) in [7, 11) is 0. The summed E-state index contributed by atoms with van der Waals surface area (Å²) in [4.78, 5) is 30.2. The van der Waals surface area contributed by atoms with Crippen molar-refractivity contribution >= 4 is 5.91 Å². The number of phenolic OH excluding ortho intramolecular Hbond substituents is 1. The van der Waals surface area contributed by atoms with Crippen molar-refractivity contribution in [3.63, 3.8) is 0 Å². The lowest BCUT2D eigenvalue weighted by molar-refractivity contribution is -0.122. The molecular weight excluding hydrogens is 318 g/mol. The van der Waals surface area contributed by atoms with E-state index in [9.17, 15) is 14.7 Å². The largest absolute Gasteiger partial charge is 0.508 e. The van der Waals surface area contributed by atoms with Crippen molar-refractivity contribution in [2.75, 3.05) is 0 Å². The van der Waals surface area contributed by atoms with E-state index in [1.165, 1.54) is 0 Å². The van der Waals surface area contributed by atoms with Crippen LogP contribution < -0.4 is 11.0 Å². The van der Waals surface area contributed by atoms with Gasteiger partial charge in [0.2, 0.25) is 5.91 Å². The third kappa shape index (κ3) is 5.45. The molecule has 0 spiro atoms. The number of aryl methyl sites for hydroxylation is 2. The standard InChI is InChI=1S/C19H25N3O3/c1-12-16(13(2)21-18(25)20-12)9-10-17(24)22-19(3,4)11-14-5-7-15(23)8-6-14/h5-8,23H,9-11H2,1-4H3,(H,22,24)(H,20,21,25). The van der Waals surface area contributed by atoms with Crippen molar-refractivity contribution in [3.8, 4) is 5.75 Å². The Balaban J connectivity index is 1.95. The number of H-pyrrole nitrogens is 1. The molecule has 0 aliphatic rings. The molecule has 1 amide bonds. The molecule has 3 N–H and O–H groups in total. The summed E-state index contributed by atoms with van der Waals surface area (Å²) in [5, 5.41) is 12.4. The number of carbonyl (C=O) groups excluding carboxylic acids is 1. The van der Waals surface area contributed by atoms with Gasteiger partial charge in [-0.1, -0.05) is 12.1 Å². The summed E-state index contributed by atoms with van der Waals surface area (Å²) in [5.41, 5.74) is 2.61. The highest BCUT2D eigenvalue weighted by molar-refractivity contribution is 5.77. The summed E-state index contributed by atoms with van der Waals surface area (Å²) in [6.07, 6.45) is 1.52. The fraction of sp³-hybridized carbons (Fsp3) is 0.421. The van der Waals surface area contributed by atoms with Crippen molar-refractivity contribution in [3.05, 3.63) is 57.3 Å².